The number of rotatable bonds is 7. The normalized spacial score (nSPS) is 13.2. The summed E-state index contributed by atoms with van der Waals surface area (Å²) >= 11 is 0. The molecule has 0 spiro atoms. The van der Waals surface area contributed by atoms with Crippen molar-refractivity contribution in [3.05, 3.63) is 45.5 Å². The minimum Gasteiger partial charge on any atom is -0.502 e. The number of hydrogen-bond acceptors (Lipinski definition) is 9. The lowest BCUT2D eigenvalue weighted by atomic mass is 9.91. The molecule has 0 aliphatic carbocycles. The Morgan fingerprint density at radius 2 is 2.00 bits per heavy atom. The van der Waals surface area contributed by atoms with Gasteiger partial charge in [0.1, 0.15) is 12.4 Å². The molecular formula is C19H20O9. The van der Waals surface area contributed by atoms with Gasteiger partial charge in [0.2, 0.25) is 23.7 Å². The number of hydrogen-bond donors (Lipinski definition) is 1. The number of esters is 1. The van der Waals surface area contributed by atoms with Gasteiger partial charge < -0.3 is 33.2 Å². The SMILES string of the molecule is COCc1cc(=O)c(O)c([C@H](CC(=O)OC)c2cc(OC)c3c(c2)OCO3)o1. The van der Waals surface area contributed by atoms with E-state index in [9.17, 15) is 14.7 Å². The Balaban J connectivity index is 2.16. The van der Waals surface area contributed by atoms with Crippen molar-refractivity contribution in [2.45, 2.75) is 18.9 Å². The monoisotopic (exact) mass is 392 g/mol. The van der Waals surface area contributed by atoms with Gasteiger partial charge in [-0.3, -0.25) is 9.59 Å². The maximum absolute atomic E-state index is 12.2. The van der Waals surface area contributed by atoms with E-state index in [1.165, 1.54) is 21.3 Å². The molecule has 2 heterocycles. The highest BCUT2D eigenvalue weighted by Gasteiger charge is 2.30. The second-order valence-corrected chi connectivity index (χ2v) is 6.01. The predicted molar refractivity (Wildman–Crippen MR) is 94.9 cm³/mol. The molecule has 1 atom stereocenters. The fourth-order valence-corrected chi connectivity index (χ4v) is 2.97. The van der Waals surface area contributed by atoms with Gasteiger partial charge in [-0.05, 0) is 17.7 Å². The fraction of sp³-hybridized carbons (Fsp3) is 0.368. The first-order valence-corrected chi connectivity index (χ1v) is 8.37. The van der Waals surface area contributed by atoms with Crippen LogP contribution in [0.15, 0.2) is 27.4 Å². The zero-order valence-electron chi connectivity index (χ0n) is 15.6. The van der Waals surface area contributed by atoms with Crippen molar-refractivity contribution in [1.82, 2.24) is 0 Å². The van der Waals surface area contributed by atoms with Crippen molar-refractivity contribution in [3.63, 3.8) is 0 Å². The maximum Gasteiger partial charge on any atom is 0.306 e. The van der Waals surface area contributed by atoms with Gasteiger partial charge in [0.15, 0.2) is 17.3 Å². The first-order chi connectivity index (χ1) is 13.5. The average Bonchev–Trinajstić information content (AvgIpc) is 3.16. The lowest BCUT2D eigenvalue weighted by Crippen LogP contribution is -2.14. The van der Waals surface area contributed by atoms with Crippen molar-refractivity contribution in [1.29, 1.82) is 0 Å². The van der Waals surface area contributed by atoms with E-state index in [0.717, 1.165) is 6.07 Å². The highest BCUT2D eigenvalue weighted by Crippen LogP contribution is 2.45. The van der Waals surface area contributed by atoms with Crippen molar-refractivity contribution in [2.24, 2.45) is 0 Å². The molecule has 1 aromatic heterocycles. The average molecular weight is 392 g/mol. The maximum atomic E-state index is 12.2. The number of aromatic hydroxyl groups is 1. The highest BCUT2D eigenvalue weighted by atomic mass is 16.7. The van der Waals surface area contributed by atoms with Gasteiger partial charge in [0, 0.05) is 13.2 Å². The van der Waals surface area contributed by atoms with E-state index in [2.05, 4.69) is 0 Å². The quantitative estimate of drug-likeness (QED) is 0.706. The van der Waals surface area contributed by atoms with E-state index < -0.39 is 23.1 Å². The third-order valence-electron chi connectivity index (χ3n) is 4.28. The van der Waals surface area contributed by atoms with Crippen LogP contribution in [0.1, 0.15) is 29.4 Å². The zero-order valence-corrected chi connectivity index (χ0v) is 15.6. The summed E-state index contributed by atoms with van der Waals surface area (Å²) in [4.78, 5) is 24.2. The Morgan fingerprint density at radius 1 is 1.21 bits per heavy atom. The van der Waals surface area contributed by atoms with E-state index in [-0.39, 0.29) is 31.3 Å². The number of carbonyl (C=O) groups excluding carboxylic acids is 1. The van der Waals surface area contributed by atoms with Gasteiger partial charge in [-0.15, -0.1) is 0 Å². The molecule has 1 aliphatic heterocycles. The van der Waals surface area contributed by atoms with Gasteiger partial charge in [-0.2, -0.15) is 0 Å². The van der Waals surface area contributed by atoms with Gasteiger partial charge in [-0.25, -0.2) is 0 Å². The minimum absolute atomic E-state index is 0.0257. The molecule has 0 unspecified atom stereocenters. The molecule has 0 saturated heterocycles. The number of carbonyl (C=O) groups is 1. The van der Waals surface area contributed by atoms with Crippen LogP contribution >= 0.6 is 0 Å². The lowest BCUT2D eigenvalue weighted by molar-refractivity contribution is -0.140. The van der Waals surface area contributed by atoms with Crippen LogP contribution in [0.4, 0.5) is 0 Å². The molecule has 0 radical (unpaired) electrons. The summed E-state index contributed by atoms with van der Waals surface area (Å²) in [5.74, 6) is -0.615. The van der Waals surface area contributed by atoms with Crippen LogP contribution < -0.4 is 19.6 Å². The third-order valence-corrected chi connectivity index (χ3v) is 4.28. The van der Waals surface area contributed by atoms with Crippen LogP contribution in [0.2, 0.25) is 0 Å². The smallest absolute Gasteiger partial charge is 0.306 e. The fourth-order valence-electron chi connectivity index (χ4n) is 2.97. The third kappa shape index (κ3) is 3.74. The van der Waals surface area contributed by atoms with Crippen LogP contribution in [0.3, 0.4) is 0 Å². The Bertz CT molecular complexity index is 932. The molecule has 0 fully saturated rings. The van der Waals surface area contributed by atoms with E-state index in [0.29, 0.717) is 22.8 Å². The Labute approximate surface area is 160 Å². The van der Waals surface area contributed by atoms with Gasteiger partial charge in [0.25, 0.3) is 0 Å². The van der Waals surface area contributed by atoms with Gasteiger partial charge >= 0.3 is 5.97 Å². The summed E-state index contributed by atoms with van der Waals surface area (Å²) in [6.07, 6.45) is -0.188. The molecule has 150 valence electrons. The van der Waals surface area contributed by atoms with Gasteiger partial charge in [0.05, 0.1) is 26.6 Å². The molecule has 1 aliphatic rings. The van der Waals surface area contributed by atoms with Crippen LogP contribution in [0.5, 0.6) is 23.0 Å². The standard InChI is InChI=1S/C19H20O9/c1-23-8-11-6-13(20)17(22)18(28-11)12(7-16(21)25-3)10-4-14(24-2)19-15(5-10)26-9-27-19/h4-6,12,22H,7-9H2,1-3H3/t12-/m1/s1. The number of benzene rings is 1. The molecule has 2 aromatic rings. The molecule has 0 saturated carbocycles. The molecule has 1 aromatic carbocycles. The summed E-state index contributed by atoms with van der Waals surface area (Å²) in [5, 5.41) is 10.3. The Hall–Kier alpha value is -3.20. The highest BCUT2D eigenvalue weighted by molar-refractivity contribution is 5.71. The number of methoxy groups -OCH3 is 3. The predicted octanol–water partition coefficient (Wildman–Crippen LogP) is 1.92. The minimum atomic E-state index is -0.833. The van der Waals surface area contributed by atoms with Gasteiger partial charge in [-0.1, -0.05) is 0 Å². The van der Waals surface area contributed by atoms with E-state index in [4.69, 9.17) is 28.1 Å². The van der Waals surface area contributed by atoms with Crippen molar-refractivity contribution in [2.75, 3.05) is 28.1 Å². The largest absolute Gasteiger partial charge is 0.502 e. The Kier molecular flexibility index (Phi) is 5.74. The first-order valence-electron chi connectivity index (χ1n) is 8.37. The zero-order chi connectivity index (χ0) is 20.3. The first kappa shape index (κ1) is 19.6. The molecule has 9 heteroatoms. The lowest BCUT2D eigenvalue weighted by Gasteiger charge is -2.18. The van der Waals surface area contributed by atoms with E-state index in [1.807, 2.05) is 0 Å². The Morgan fingerprint density at radius 3 is 2.68 bits per heavy atom. The number of fused-ring (bicyclic) bond motifs is 1. The number of ether oxygens (including phenoxy) is 5. The van der Waals surface area contributed by atoms with Crippen LogP contribution in [0.25, 0.3) is 0 Å². The molecule has 0 bridgehead atoms. The molecule has 28 heavy (non-hydrogen) atoms. The molecule has 1 N–H and O–H groups in total. The second-order valence-electron chi connectivity index (χ2n) is 6.01. The van der Waals surface area contributed by atoms with Crippen molar-refractivity contribution in [3.8, 4) is 23.0 Å². The van der Waals surface area contributed by atoms with Crippen molar-refractivity contribution < 1.29 is 38.0 Å². The van der Waals surface area contributed by atoms with E-state index in [1.54, 1.807) is 12.1 Å². The molecular weight excluding hydrogens is 372 g/mol. The van der Waals surface area contributed by atoms with Crippen LogP contribution in [-0.2, 0) is 20.9 Å². The molecule has 0 amide bonds. The van der Waals surface area contributed by atoms with Crippen LogP contribution in [0, 0.1) is 0 Å². The topological polar surface area (TPSA) is 114 Å². The molecule has 9 nitrogen and oxygen atoms in total. The van der Waals surface area contributed by atoms with Crippen molar-refractivity contribution >= 4 is 5.97 Å². The summed E-state index contributed by atoms with van der Waals surface area (Å²) in [5.41, 5.74) is -0.129. The van der Waals surface area contributed by atoms with Crippen LogP contribution in [-0.4, -0.2) is 39.2 Å². The molecule has 3 rings (SSSR count). The summed E-state index contributed by atoms with van der Waals surface area (Å²) in [6, 6.07) is 4.40. The summed E-state index contributed by atoms with van der Waals surface area (Å²) in [6.45, 7) is 0.0540. The summed E-state index contributed by atoms with van der Waals surface area (Å²) in [7, 11) is 4.16. The summed E-state index contributed by atoms with van der Waals surface area (Å²) < 4.78 is 31.6. The second kappa shape index (κ2) is 8.22. The van der Waals surface area contributed by atoms with E-state index >= 15 is 0 Å².